The molecule has 2 rings (SSSR count). The second-order valence-corrected chi connectivity index (χ2v) is 6.61. The molecule has 0 radical (unpaired) electrons. The summed E-state index contributed by atoms with van der Waals surface area (Å²) in [7, 11) is -2.81. The van der Waals surface area contributed by atoms with Crippen LogP contribution in [0.2, 0.25) is 0 Å². The van der Waals surface area contributed by atoms with E-state index in [1.165, 1.54) is 6.33 Å². The van der Waals surface area contributed by atoms with Gasteiger partial charge >= 0.3 is 0 Å². The third-order valence-corrected chi connectivity index (χ3v) is 4.68. The van der Waals surface area contributed by atoms with Gasteiger partial charge in [0.1, 0.15) is 12.2 Å². The SMILES string of the molecule is CCCn1ncnc1CNC1CCS(=O)(=O)C1. The molecule has 7 heteroatoms. The number of nitrogens with one attached hydrogen (secondary N) is 1. The largest absolute Gasteiger partial charge is 0.306 e. The molecule has 1 N–H and O–H groups in total. The summed E-state index contributed by atoms with van der Waals surface area (Å²) in [5, 5.41) is 7.36. The van der Waals surface area contributed by atoms with Gasteiger partial charge < -0.3 is 5.32 Å². The maximum absolute atomic E-state index is 11.3. The zero-order valence-corrected chi connectivity index (χ0v) is 10.8. The molecular weight excluding hydrogens is 240 g/mol. The highest BCUT2D eigenvalue weighted by molar-refractivity contribution is 7.91. The van der Waals surface area contributed by atoms with Crippen molar-refractivity contribution in [3.63, 3.8) is 0 Å². The van der Waals surface area contributed by atoms with E-state index in [1.54, 1.807) is 0 Å². The number of aromatic nitrogens is 3. The van der Waals surface area contributed by atoms with E-state index in [0.717, 1.165) is 18.8 Å². The monoisotopic (exact) mass is 258 g/mol. The van der Waals surface area contributed by atoms with E-state index in [9.17, 15) is 8.42 Å². The van der Waals surface area contributed by atoms with Crippen LogP contribution in [0.1, 0.15) is 25.6 Å². The van der Waals surface area contributed by atoms with Crippen LogP contribution in [0.5, 0.6) is 0 Å². The molecule has 0 amide bonds. The van der Waals surface area contributed by atoms with Gasteiger partial charge in [0, 0.05) is 12.6 Å². The standard InChI is InChI=1S/C10H18N4O2S/c1-2-4-14-10(12-8-13-14)6-11-9-3-5-17(15,16)7-9/h8-9,11H,2-7H2,1H3. The normalized spacial score (nSPS) is 23.0. The van der Waals surface area contributed by atoms with Gasteiger partial charge in [-0.2, -0.15) is 5.10 Å². The number of hydrogen-bond donors (Lipinski definition) is 1. The molecule has 1 unspecified atom stereocenters. The number of sulfone groups is 1. The molecule has 96 valence electrons. The van der Waals surface area contributed by atoms with Gasteiger partial charge in [0.25, 0.3) is 0 Å². The Bertz CT molecular complexity index is 468. The van der Waals surface area contributed by atoms with Crippen molar-refractivity contribution in [2.45, 2.75) is 38.9 Å². The Morgan fingerprint density at radius 3 is 3.06 bits per heavy atom. The Hall–Kier alpha value is -0.950. The minimum atomic E-state index is -2.81. The average Bonchev–Trinajstić information content (AvgIpc) is 2.83. The number of nitrogens with zero attached hydrogens (tertiary/aromatic N) is 3. The van der Waals surface area contributed by atoms with Gasteiger partial charge in [0.05, 0.1) is 18.1 Å². The van der Waals surface area contributed by atoms with Crippen LogP contribution in [0.15, 0.2) is 6.33 Å². The molecular formula is C10H18N4O2S. The van der Waals surface area contributed by atoms with Crippen LogP contribution in [0.25, 0.3) is 0 Å². The molecule has 17 heavy (non-hydrogen) atoms. The highest BCUT2D eigenvalue weighted by Crippen LogP contribution is 2.11. The Kier molecular flexibility index (Phi) is 3.78. The summed E-state index contributed by atoms with van der Waals surface area (Å²) in [4.78, 5) is 4.17. The quantitative estimate of drug-likeness (QED) is 0.802. The molecule has 1 aromatic rings. The topological polar surface area (TPSA) is 76.9 Å². The van der Waals surface area contributed by atoms with Crippen molar-refractivity contribution < 1.29 is 8.42 Å². The van der Waals surface area contributed by atoms with Crippen LogP contribution < -0.4 is 5.32 Å². The lowest BCUT2D eigenvalue weighted by Crippen LogP contribution is -2.30. The van der Waals surface area contributed by atoms with Gasteiger partial charge in [0.15, 0.2) is 9.84 Å². The summed E-state index contributed by atoms with van der Waals surface area (Å²) < 4.78 is 24.5. The maximum atomic E-state index is 11.3. The molecule has 1 atom stereocenters. The molecule has 0 aliphatic carbocycles. The van der Waals surface area contributed by atoms with Crippen molar-refractivity contribution in [1.82, 2.24) is 20.1 Å². The first kappa shape index (κ1) is 12.5. The van der Waals surface area contributed by atoms with E-state index < -0.39 is 9.84 Å². The zero-order valence-electron chi connectivity index (χ0n) is 9.96. The molecule has 1 saturated heterocycles. The van der Waals surface area contributed by atoms with Crippen LogP contribution >= 0.6 is 0 Å². The smallest absolute Gasteiger partial charge is 0.151 e. The van der Waals surface area contributed by atoms with E-state index in [-0.39, 0.29) is 11.8 Å². The van der Waals surface area contributed by atoms with Gasteiger partial charge in [-0.25, -0.2) is 18.1 Å². The molecule has 1 fully saturated rings. The van der Waals surface area contributed by atoms with Crippen LogP contribution in [0.4, 0.5) is 0 Å². The second kappa shape index (κ2) is 5.14. The number of aryl methyl sites for hydroxylation is 1. The number of rotatable bonds is 5. The summed E-state index contributed by atoms with van der Waals surface area (Å²) in [5.41, 5.74) is 0. The predicted molar refractivity (Wildman–Crippen MR) is 64.2 cm³/mol. The summed E-state index contributed by atoms with van der Waals surface area (Å²) in [6, 6.07) is 0.0618. The molecule has 0 spiro atoms. The highest BCUT2D eigenvalue weighted by atomic mass is 32.2. The first-order chi connectivity index (χ1) is 8.11. The Labute approximate surface area is 101 Å². The molecule has 6 nitrogen and oxygen atoms in total. The van der Waals surface area contributed by atoms with Crippen molar-refractivity contribution >= 4 is 9.84 Å². The Morgan fingerprint density at radius 2 is 2.41 bits per heavy atom. The minimum absolute atomic E-state index is 0.0618. The summed E-state index contributed by atoms with van der Waals surface area (Å²) >= 11 is 0. The predicted octanol–water partition coefficient (Wildman–Crippen LogP) is -0.0352. The molecule has 0 saturated carbocycles. The van der Waals surface area contributed by atoms with Crippen molar-refractivity contribution in [2.75, 3.05) is 11.5 Å². The molecule has 2 heterocycles. The van der Waals surface area contributed by atoms with Gasteiger partial charge in [-0.15, -0.1) is 0 Å². The van der Waals surface area contributed by atoms with Crippen molar-refractivity contribution in [3.8, 4) is 0 Å². The molecule has 1 aliphatic rings. The lowest BCUT2D eigenvalue weighted by atomic mass is 10.2. The van der Waals surface area contributed by atoms with Crippen LogP contribution in [-0.2, 0) is 22.9 Å². The van der Waals surface area contributed by atoms with E-state index >= 15 is 0 Å². The fourth-order valence-corrected chi connectivity index (χ4v) is 3.72. The van der Waals surface area contributed by atoms with E-state index in [2.05, 4.69) is 22.3 Å². The zero-order chi connectivity index (χ0) is 12.3. The molecule has 0 aromatic carbocycles. The minimum Gasteiger partial charge on any atom is -0.306 e. The van der Waals surface area contributed by atoms with Crippen LogP contribution in [0.3, 0.4) is 0 Å². The summed E-state index contributed by atoms with van der Waals surface area (Å²) in [5.74, 6) is 1.41. The van der Waals surface area contributed by atoms with Gasteiger partial charge in [-0.05, 0) is 12.8 Å². The highest BCUT2D eigenvalue weighted by Gasteiger charge is 2.27. The second-order valence-electron chi connectivity index (χ2n) is 4.38. The first-order valence-electron chi connectivity index (χ1n) is 5.91. The van der Waals surface area contributed by atoms with Gasteiger partial charge in [-0.1, -0.05) is 6.92 Å². The third kappa shape index (κ3) is 3.26. The Balaban J connectivity index is 1.88. The lowest BCUT2D eigenvalue weighted by Gasteiger charge is -2.10. The fraction of sp³-hybridized carbons (Fsp3) is 0.800. The maximum Gasteiger partial charge on any atom is 0.151 e. The lowest BCUT2D eigenvalue weighted by molar-refractivity contribution is 0.502. The Morgan fingerprint density at radius 1 is 1.59 bits per heavy atom. The van der Waals surface area contributed by atoms with Crippen LogP contribution in [-0.4, -0.2) is 40.7 Å². The van der Waals surface area contributed by atoms with E-state index in [4.69, 9.17) is 0 Å². The average molecular weight is 258 g/mol. The molecule has 1 aliphatic heterocycles. The summed E-state index contributed by atoms with van der Waals surface area (Å²) in [6.07, 6.45) is 3.25. The van der Waals surface area contributed by atoms with Crippen molar-refractivity contribution in [3.05, 3.63) is 12.2 Å². The van der Waals surface area contributed by atoms with Crippen molar-refractivity contribution in [2.24, 2.45) is 0 Å². The third-order valence-electron chi connectivity index (χ3n) is 2.91. The van der Waals surface area contributed by atoms with Crippen LogP contribution in [0, 0.1) is 0 Å². The van der Waals surface area contributed by atoms with E-state index in [0.29, 0.717) is 18.7 Å². The molecule has 0 bridgehead atoms. The molecule has 1 aromatic heterocycles. The van der Waals surface area contributed by atoms with Crippen molar-refractivity contribution in [1.29, 1.82) is 0 Å². The number of hydrogen-bond acceptors (Lipinski definition) is 5. The first-order valence-corrected chi connectivity index (χ1v) is 7.73. The van der Waals surface area contributed by atoms with E-state index in [1.807, 2.05) is 4.68 Å². The fourth-order valence-electron chi connectivity index (χ4n) is 2.02. The summed E-state index contributed by atoms with van der Waals surface area (Å²) in [6.45, 7) is 3.52. The van der Waals surface area contributed by atoms with Gasteiger partial charge in [0.2, 0.25) is 0 Å². The van der Waals surface area contributed by atoms with Gasteiger partial charge in [-0.3, -0.25) is 0 Å².